The number of nitrogens with one attached hydrogen (secondary N) is 1. The fraction of sp³-hybridized carbons (Fsp3) is 0.357. The highest BCUT2D eigenvalue weighted by molar-refractivity contribution is 7.98. The molecule has 1 aliphatic heterocycles. The van der Waals surface area contributed by atoms with Crippen molar-refractivity contribution in [3.63, 3.8) is 0 Å². The number of hydrogen-bond acceptors (Lipinski definition) is 5. The highest BCUT2D eigenvalue weighted by Crippen LogP contribution is 2.43. The Labute approximate surface area is 135 Å². The van der Waals surface area contributed by atoms with Gasteiger partial charge in [-0.05, 0) is 24.5 Å². The Balaban J connectivity index is 1.83. The van der Waals surface area contributed by atoms with Crippen molar-refractivity contribution in [3.8, 4) is 11.5 Å². The van der Waals surface area contributed by atoms with Crippen molar-refractivity contribution in [2.24, 2.45) is 0 Å². The second-order valence-corrected chi connectivity index (χ2v) is 6.96. The van der Waals surface area contributed by atoms with Gasteiger partial charge >= 0.3 is 0 Å². The summed E-state index contributed by atoms with van der Waals surface area (Å²) in [4.78, 5) is 12.7. The molecule has 4 nitrogen and oxygen atoms in total. The lowest BCUT2D eigenvalue weighted by Gasteiger charge is -2.02. The van der Waals surface area contributed by atoms with Crippen molar-refractivity contribution >= 4 is 50.7 Å². The van der Waals surface area contributed by atoms with Gasteiger partial charge in [0.15, 0.2) is 11.5 Å². The molecule has 1 amide bonds. The van der Waals surface area contributed by atoms with E-state index in [1.54, 1.807) is 11.8 Å². The van der Waals surface area contributed by atoms with Crippen LogP contribution in [0.4, 0.5) is 0 Å². The van der Waals surface area contributed by atoms with E-state index in [1.807, 2.05) is 18.4 Å². The normalized spacial score (nSPS) is 12.9. The Hall–Kier alpha value is -1.11. The van der Waals surface area contributed by atoms with Gasteiger partial charge in [-0.1, -0.05) is 11.6 Å². The minimum Gasteiger partial charge on any atom is -0.454 e. The zero-order valence-corrected chi connectivity index (χ0v) is 13.8. The predicted octanol–water partition coefficient (Wildman–Crippen LogP) is 3.77. The largest absolute Gasteiger partial charge is 0.454 e. The summed E-state index contributed by atoms with van der Waals surface area (Å²) in [6, 6.07) is 3.71. The third-order valence-electron chi connectivity index (χ3n) is 3.14. The summed E-state index contributed by atoms with van der Waals surface area (Å²) in [6.45, 7) is 0.889. The van der Waals surface area contributed by atoms with Crippen LogP contribution in [0.1, 0.15) is 16.1 Å². The van der Waals surface area contributed by atoms with Gasteiger partial charge in [-0.2, -0.15) is 11.8 Å². The summed E-state index contributed by atoms with van der Waals surface area (Å²) in [6.07, 6.45) is 3.00. The molecule has 0 fully saturated rings. The molecule has 21 heavy (non-hydrogen) atoms. The molecule has 1 aliphatic rings. The van der Waals surface area contributed by atoms with Crippen LogP contribution in [0.25, 0.3) is 10.1 Å². The van der Waals surface area contributed by atoms with Gasteiger partial charge in [0.05, 0.1) is 5.02 Å². The Morgan fingerprint density at radius 2 is 2.19 bits per heavy atom. The Morgan fingerprint density at radius 3 is 2.95 bits per heavy atom. The van der Waals surface area contributed by atoms with E-state index in [2.05, 4.69) is 5.32 Å². The predicted molar refractivity (Wildman–Crippen MR) is 88.3 cm³/mol. The Morgan fingerprint density at radius 1 is 1.43 bits per heavy atom. The summed E-state index contributed by atoms with van der Waals surface area (Å²) in [7, 11) is 0. The summed E-state index contributed by atoms with van der Waals surface area (Å²) >= 11 is 9.49. The molecule has 1 aromatic carbocycles. The first-order chi connectivity index (χ1) is 10.2. The second-order valence-electron chi connectivity index (χ2n) is 4.55. The Kier molecular flexibility index (Phi) is 4.47. The van der Waals surface area contributed by atoms with E-state index in [0.29, 0.717) is 27.9 Å². The summed E-state index contributed by atoms with van der Waals surface area (Å²) in [5.74, 6) is 2.28. The standard InChI is InChI=1S/C14H14ClNO3S2/c1-20-4-2-3-16-14(17)13-12(15)8-5-9-10(19-7-18-9)6-11(8)21-13/h5-6H,2-4,7H2,1H3,(H,16,17). The maximum absolute atomic E-state index is 12.2. The van der Waals surface area contributed by atoms with Crippen LogP contribution < -0.4 is 14.8 Å². The highest BCUT2D eigenvalue weighted by Gasteiger charge is 2.21. The summed E-state index contributed by atoms with van der Waals surface area (Å²) in [5, 5.41) is 4.22. The van der Waals surface area contributed by atoms with Crippen LogP contribution in [0.3, 0.4) is 0 Å². The molecule has 0 saturated heterocycles. The number of rotatable bonds is 5. The van der Waals surface area contributed by atoms with Crippen molar-refractivity contribution in [1.82, 2.24) is 5.32 Å². The molecule has 0 radical (unpaired) electrons. The monoisotopic (exact) mass is 343 g/mol. The molecule has 7 heteroatoms. The van der Waals surface area contributed by atoms with Gasteiger partial charge in [0.25, 0.3) is 5.91 Å². The first-order valence-electron chi connectivity index (χ1n) is 6.49. The van der Waals surface area contributed by atoms with Crippen molar-refractivity contribution in [3.05, 3.63) is 22.0 Å². The van der Waals surface area contributed by atoms with Crippen LogP contribution in [-0.2, 0) is 0 Å². The van der Waals surface area contributed by atoms with Crippen LogP contribution >= 0.6 is 34.7 Å². The van der Waals surface area contributed by atoms with Crippen LogP contribution in [0.2, 0.25) is 5.02 Å². The van der Waals surface area contributed by atoms with Gasteiger partial charge in [-0.3, -0.25) is 4.79 Å². The molecule has 0 unspecified atom stereocenters. The maximum atomic E-state index is 12.2. The highest BCUT2D eigenvalue weighted by atomic mass is 35.5. The van der Waals surface area contributed by atoms with Crippen molar-refractivity contribution in [1.29, 1.82) is 0 Å². The number of ether oxygens (including phenoxy) is 2. The topological polar surface area (TPSA) is 47.6 Å². The van der Waals surface area contributed by atoms with Gasteiger partial charge in [-0.25, -0.2) is 0 Å². The minimum absolute atomic E-state index is 0.121. The van der Waals surface area contributed by atoms with Gasteiger partial charge in [0, 0.05) is 22.7 Å². The lowest BCUT2D eigenvalue weighted by atomic mass is 10.2. The van der Waals surface area contributed by atoms with E-state index in [-0.39, 0.29) is 12.7 Å². The molecule has 2 heterocycles. The first kappa shape index (κ1) is 14.8. The van der Waals surface area contributed by atoms with Gasteiger partial charge in [0.1, 0.15) is 4.88 Å². The molecule has 2 aromatic rings. The van der Waals surface area contributed by atoms with Crippen molar-refractivity contribution < 1.29 is 14.3 Å². The quantitative estimate of drug-likeness (QED) is 0.839. The zero-order valence-electron chi connectivity index (χ0n) is 11.4. The number of halogens is 1. The van der Waals surface area contributed by atoms with Crippen LogP contribution in [-0.4, -0.2) is 31.3 Å². The maximum Gasteiger partial charge on any atom is 0.262 e. The van der Waals surface area contributed by atoms with Crippen LogP contribution in [0.15, 0.2) is 12.1 Å². The number of hydrogen-bond donors (Lipinski definition) is 1. The van der Waals surface area contributed by atoms with E-state index < -0.39 is 0 Å². The molecule has 1 aromatic heterocycles. The van der Waals surface area contributed by atoms with Crippen molar-refractivity contribution in [2.75, 3.05) is 25.3 Å². The number of thiophene rings is 1. The zero-order chi connectivity index (χ0) is 14.8. The first-order valence-corrected chi connectivity index (χ1v) is 9.08. The van der Waals surface area contributed by atoms with Crippen LogP contribution in [0, 0.1) is 0 Å². The molecule has 0 bridgehead atoms. The molecular weight excluding hydrogens is 330 g/mol. The number of amides is 1. The molecule has 3 rings (SSSR count). The average molecular weight is 344 g/mol. The molecule has 1 N–H and O–H groups in total. The van der Waals surface area contributed by atoms with Crippen LogP contribution in [0.5, 0.6) is 11.5 Å². The lowest BCUT2D eigenvalue weighted by molar-refractivity contribution is 0.0958. The van der Waals surface area contributed by atoms with E-state index in [4.69, 9.17) is 21.1 Å². The molecular formula is C14H14ClNO3S2. The van der Waals surface area contributed by atoms with Crippen molar-refractivity contribution in [2.45, 2.75) is 6.42 Å². The number of benzene rings is 1. The fourth-order valence-corrected chi connectivity index (χ4v) is 3.97. The van der Waals surface area contributed by atoms with E-state index in [9.17, 15) is 4.79 Å². The van der Waals surface area contributed by atoms with E-state index in [1.165, 1.54) is 11.3 Å². The molecule has 0 atom stereocenters. The molecule has 0 saturated carbocycles. The van der Waals surface area contributed by atoms with Gasteiger partial charge in [-0.15, -0.1) is 11.3 Å². The Bertz CT molecular complexity index is 686. The SMILES string of the molecule is CSCCCNC(=O)c1sc2cc3c(cc2c1Cl)OCO3. The third kappa shape index (κ3) is 2.93. The second kappa shape index (κ2) is 6.34. The van der Waals surface area contributed by atoms with Gasteiger partial charge in [0.2, 0.25) is 6.79 Å². The molecule has 0 spiro atoms. The third-order valence-corrected chi connectivity index (χ3v) is 5.49. The fourth-order valence-electron chi connectivity index (χ4n) is 2.10. The summed E-state index contributed by atoms with van der Waals surface area (Å²) in [5.41, 5.74) is 0. The minimum atomic E-state index is -0.121. The van der Waals surface area contributed by atoms with E-state index in [0.717, 1.165) is 22.3 Å². The van der Waals surface area contributed by atoms with E-state index >= 15 is 0 Å². The average Bonchev–Trinajstić information content (AvgIpc) is 3.06. The number of thioether (sulfide) groups is 1. The summed E-state index contributed by atoms with van der Waals surface area (Å²) < 4.78 is 11.6. The molecule has 0 aliphatic carbocycles. The smallest absolute Gasteiger partial charge is 0.262 e. The lowest BCUT2D eigenvalue weighted by Crippen LogP contribution is -2.24. The number of fused-ring (bicyclic) bond motifs is 2. The number of carbonyl (C=O) groups excluding carboxylic acids is 1. The van der Waals surface area contributed by atoms with Gasteiger partial charge < -0.3 is 14.8 Å². The number of carbonyl (C=O) groups is 1. The molecule has 112 valence electrons.